The fourth-order valence-electron chi connectivity index (χ4n) is 2.99. The predicted octanol–water partition coefficient (Wildman–Crippen LogP) is 4.54. The van der Waals surface area contributed by atoms with E-state index >= 15 is 0 Å². The average molecular weight is 412 g/mol. The van der Waals surface area contributed by atoms with E-state index in [0.717, 1.165) is 16.6 Å². The lowest BCUT2D eigenvalue weighted by Crippen LogP contribution is -2.25. The summed E-state index contributed by atoms with van der Waals surface area (Å²) in [5, 5.41) is 2.84. The Balaban J connectivity index is 1.69. The highest BCUT2D eigenvalue weighted by atomic mass is 35.5. The minimum Gasteiger partial charge on any atom is -0.383 e. The Kier molecular flexibility index (Phi) is 5.62. The lowest BCUT2D eigenvalue weighted by molar-refractivity contribution is 0.183. The van der Waals surface area contributed by atoms with Gasteiger partial charge in [-0.15, -0.1) is 0 Å². The average Bonchev–Trinajstić information content (AvgIpc) is 2.71. The van der Waals surface area contributed by atoms with Gasteiger partial charge in [-0.25, -0.2) is 4.98 Å². The molecule has 4 aromatic rings. The smallest absolute Gasteiger partial charge is 0.262 e. The van der Waals surface area contributed by atoms with Crippen LogP contribution < -0.4 is 5.56 Å². The molecule has 28 heavy (non-hydrogen) atoms. The molecule has 142 valence electrons. The molecule has 5 nitrogen and oxygen atoms in total. The molecule has 0 atom stereocenters. The van der Waals surface area contributed by atoms with E-state index < -0.39 is 0 Å². The van der Waals surface area contributed by atoms with Gasteiger partial charge in [-0.2, -0.15) is 0 Å². The number of hydrogen-bond acceptors (Lipinski definition) is 5. The molecule has 0 N–H and O–H groups in total. The molecule has 0 fully saturated rings. The normalized spacial score (nSPS) is 11.4. The number of ether oxygens (including phenoxy) is 1. The number of fused-ring (bicyclic) bond motifs is 2. The molecule has 0 amide bonds. The quantitative estimate of drug-likeness (QED) is 0.344. The van der Waals surface area contributed by atoms with Crippen molar-refractivity contribution in [3.05, 3.63) is 75.7 Å². The summed E-state index contributed by atoms with van der Waals surface area (Å²) in [6, 6.07) is 17.2. The highest BCUT2D eigenvalue weighted by Crippen LogP contribution is 2.24. The molecule has 0 unspecified atom stereocenters. The van der Waals surface area contributed by atoms with E-state index in [1.54, 1.807) is 29.9 Å². The van der Waals surface area contributed by atoms with Gasteiger partial charge in [0, 0.05) is 23.3 Å². The molecule has 7 heteroatoms. The van der Waals surface area contributed by atoms with Crippen molar-refractivity contribution in [1.82, 2.24) is 14.5 Å². The first-order valence-electron chi connectivity index (χ1n) is 8.82. The number of benzene rings is 2. The first-order valence-corrected chi connectivity index (χ1v) is 10.2. The summed E-state index contributed by atoms with van der Waals surface area (Å²) in [4.78, 5) is 22.3. The van der Waals surface area contributed by atoms with Crippen molar-refractivity contribution in [1.29, 1.82) is 0 Å². The summed E-state index contributed by atoms with van der Waals surface area (Å²) >= 11 is 7.57. The third-order valence-corrected chi connectivity index (χ3v) is 5.65. The highest BCUT2D eigenvalue weighted by Gasteiger charge is 2.12. The van der Waals surface area contributed by atoms with Crippen LogP contribution in [0.1, 0.15) is 5.69 Å². The number of aromatic nitrogens is 3. The molecule has 0 radical (unpaired) electrons. The third kappa shape index (κ3) is 3.90. The van der Waals surface area contributed by atoms with E-state index in [4.69, 9.17) is 21.3 Å². The topological polar surface area (TPSA) is 57.0 Å². The Morgan fingerprint density at radius 3 is 2.79 bits per heavy atom. The summed E-state index contributed by atoms with van der Waals surface area (Å²) < 4.78 is 6.83. The number of halogens is 1. The minimum atomic E-state index is -0.0901. The van der Waals surface area contributed by atoms with Crippen LogP contribution in [0.4, 0.5) is 0 Å². The standard InChI is InChI=1S/C21H18ClN3O2S/c1-27-11-10-25-20(26)17-9-7-15(22)12-19(17)24-21(25)28-13-16-8-6-14-4-2-3-5-18(14)23-16/h2-9,12H,10-11,13H2,1H3. The molecule has 0 saturated carbocycles. The summed E-state index contributed by atoms with van der Waals surface area (Å²) in [5.74, 6) is 0.607. The van der Waals surface area contributed by atoms with Crippen molar-refractivity contribution < 1.29 is 4.74 Å². The van der Waals surface area contributed by atoms with E-state index in [2.05, 4.69) is 11.1 Å². The molecule has 2 heterocycles. The first kappa shape index (κ1) is 18.9. The van der Waals surface area contributed by atoms with Crippen molar-refractivity contribution in [2.45, 2.75) is 17.5 Å². The van der Waals surface area contributed by atoms with Crippen molar-refractivity contribution in [2.75, 3.05) is 13.7 Å². The van der Waals surface area contributed by atoms with Gasteiger partial charge in [-0.05, 0) is 30.3 Å². The van der Waals surface area contributed by atoms with Crippen LogP contribution in [0.2, 0.25) is 5.02 Å². The van der Waals surface area contributed by atoms with Crippen molar-refractivity contribution in [2.24, 2.45) is 0 Å². The molecule has 0 bridgehead atoms. The van der Waals surface area contributed by atoms with Gasteiger partial charge in [0.1, 0.15) is 0 Å². The van der Waals surface area contributed by atoms with Crippen LogP contribution in [0.3, 0.4) is 0 Å². The van der Waals surface area contributed by atoms with Gasteiger partial charge in [-0.3, -0.25) is 14.3 Å². The molecule has 0 aliphatic heterocycles. The zero-order valence-electron chi connectivity index (χ0n) is 15.3. The van der Waals surface area contributed by atoms with Crippen LogP contribution in [0.5, 0.6) is 0 Å². The van der Waals surface area contributed by atoms with Gasteiger partial charge in [0.25, 0.3) is 5.56 Å². The van der Waals surface area contributed by atoms with E-state index in [0.29, 0.717) is 40.0 Å². The zero-order valence-corrected chi connectivity index (χ0v) is 16.8. The maximum Gasteiger partial charge on any atom is 0.262 e. The lowest BCUT2D eigenvalue weighted by Gasteiger charge is -2.13. The van der Waals surface area contributed by atoms with E-state index in [1.165, 1.54) is 11.8 Å². The molecule has 2 aromatic heterocycles. The second kappa shape index (κ2) is 8.31. The molecule has 2 aromatic carbocycles. The van der Waals surface area contributed by atoms with Crippen molar-refractivity contribution in [3.63, 3.8) is 0 Å². The molecule has 0 saturated heterocycles. The van der Waals surface area contributed by atoms with Gasteiger partial charge in [0.15, 0.2) is 5.16 Å². The van der Waals surface area contributed by atoms with Gasteiger partial charge in [0.2, 0.25) is 0 Å². The van der Waals surface area contributed by atoms with Gasteiger partial charge in [-0.1, -0.05) is 47.6 Å². The Morgan fingerprint density at radius 1 is 1.07 bits per heavy atom. The second-order valence-corrected chi connectivity index (χ2v) is 7.67. The Hall–Kier alpha value is -2.41. The van der Waals surface area contributed by atoms with E-state index in [1.807, 2.05) is 30.3 Å². The minimum absolute atomic E-state index is 0.0901. The monoisotopic (exact) mass is 411 g/mol. The third-order valence-electron chi connectivity index (χ3n) is 4.41. The zero-order chi connectivity index (χ0) is 19.5. The summed E-state index contributed by atoms with van der Waals surface area (Å²) in [6.07, 6.45) is 0. The highest BCUT2D eigenvalue weighted by molar-refractivity contribution is 7.98. The largest absolute Gasteiger partial charge is 0.383 e. The van der Waals surface area contributed by atoms with Crippen molar-refractivity contribution >= 4 is 45.2 Å². The number of hydrogen-bond donors (Lipinski definition) is 0. The SMILES string of the molecule is COCCn1c(SCc2ccc3ccccc3n2)nc2cc(Cl)ccc2c1=O. The molecule has 0 spiro atoms. The predicted molar refractivity (Wildman–Crippen MR) is 114 cm³/mol. The van der Waals surface area contributed by atoms with Crippen LogP contribution in [0, 0.1) is 0 Å². The van der Waals surface area contributed by atoms with Crippen LogP contribution >= 0.6 is 23.4 Å². The Morgan fingerprint density at radius 2 is 1.93 bits per heavy atom. The van der Waals surface area contributed by atoms with Gasteiger partial charge >= 0.3 is 0 Å². The fraction of sp³-hybridized carbons (Fsp3) is 0.190. The second-order valence-electron chi connectivity index (χ2n) is 6.29. The molecular weight excluding hydrogens is 394 g/mol. The van der Waals surface area contributed by atoms with Crippen molar-refractivity contribution in [3.8, 4) is 0 Å². The maximum atomic E-state index is 12.9. The molecular formula is C21H18ClN3O2S. The first-order chi connectivity index (χ1) is 13.7. The molecule has 4 rings (SSSR count). The lowest BCUT2D eigenvalue weighted by atomic mass is 10.2. The van der Waals surface area contributed by atoms with E-state index in [-0.39, 0.29) is 5.56 Å². The van der Waals surface area contributed by atoms with E-state index in [9.17, 15) is 4.79 Å². The fourth-order valence-corrected chi connectivity index (χ4v) is 4.09. The summed E-state index contributed by atoms with van der Waals surface area (Å²) in [7, 11) is 1.62. The maximum absolute atomic E-state index is 12.9. The number of nitrogens with zero attached hydrogens (tertiary/aromatic N) is 3. The Labute approximate surface area is 171 Å². The number of thioether (sulfide) groups is 1. The van der Waals surface area contributed by atoms with Crippen LogP contribution in [-0.4, -0.2) is 28.3 Å². The summed E-state index contributed by atoms with van der Waals surface area (Å²) in [5.41, 5.74) is 2.39. The molecule has 0 aliphatic rings. The Bertz CT molecular complexity index is 1210. The number of methoxy groups -OCH3 is 1. The van der Waals surface area contributed by atoms with Gasteiger partial charge in [0.05, 0.1) is 35.3 Å². The number of para-hydroxylation sites is 1. The molecule has 0 aliphatic carbocycles. The van der Waals surface area contributed by atoms with Crippen LogP contribution in [0.15, 0.2) is 64.5 Å². The van der Waals surface area contributed by atoms with Gasteiger partial charge < -0.3 is 4.74 Å². The van der Waals surface area contributed by atoms with Crippen LogP contribution in [-0.2, 0) is 17.0 Å². The number of rotatable bonds is 6. The number of pyridine rings is 1. The summed E-state index contributed by atoms with van der Waals surface area (Å²) in [6.45, 7) is 0.872. The van der Waals surface area contributed by atoms with Crippen LogP contribution in [0.25, 0.3) is 21.8 Å².